The Labute approximate surface area is 116 Å². The standard InChI is InChI=1S/C15H14N2O3/c1-10-5-3-8-14(11(10)2)15(18)16-12-6-4-7-13(9-12)17(19)20/h3-9H,1-2H3,(H,16,18). The van der Waals surface area contributed by atoms with Crippen LogP contribution < -0.4 is 5.32 Å². The fourth-order valence-electron chi connectivity index (χ4n) is 1.89. The van der Waals surface area contributed by atoms with E-state index in [9.17, 15) is 14.9 Å². The molecular weight excluding hydrogens is 256 g/mol. The van der Waals surface area contributed by atoms with Gasteiger partial charge in [0.25, 0.3) is 11.6 Å². The van der Waals surface area contributed by atoms with Gasteiger partial charge in [-0.2, -0.15) is 0 Å². The third-order valence-electron chi connectivity index (χ3n) is 3.16. The fraction of sp³-hybridized carbons (Fsp3) is 0.133. The smallest absolute Gasteiger partial charge is 0.271 e. The molecular formula is C15H14N2O3. The Morgan fingerprint density at radius 3 is 2.55 bits per heavy atom. The van der Waals surface area contributed by atoms with E-state index in [-0.39, 0.29) is 11.6 Å². The maximum absolute atomic E-state index is 12.2. The molecule has 1 N–H and O–H groups in total. The van der Waals surface area contributed by atoms with E-state index in [1.54, 1.807) is 12.1 Å². The van der Waals surface area contributed by atoms with Crippen LogP contribution in [0.5, 0.6) is 0 Å². The second-order valence-electron chi connectivity index (χ2n) is 4.51. The number of hydrogen-bond donors (Lipinski definition) is 1. The van der Waals surface area contributed by atoms with Crippen molar-refractivity contribution in [3.05, 3.63) is 69.3 Å². The van der Waals surface area contributed by atoms with E-state index in [0.717, 1.165) is 11.1 Å². The number of nitrogens with one attached hydrogen (secondary N) is 1. The van der Waals surface area contributed by atoms with Crippen LogP contribution in [0.4, 0.5) is 11.4 Å². The molecule has 5 nitrogen and oxygen atoms in total. The number of aryl methyl sites for hydroxylation is 1. The van der Waals surface area contributed by atoms with Gasteiger partial charge in [-0.25, -0.2) is 0 Å². The third-order valence-corrected chi connectivity index (χ3v) is 3.16. The number of nitro groups is 1. The molecule has 0 spiro atoms. The van der Waals surface area contributed by atoms with Crippen molar-refractivity contribution in [1.29, 1.82) is 0 Å². The van der Waals surface area contributed by atoms with Gasteiger partial charge >= 0.3 is 0 Å². The Morgan fingerprint density at radius 2 is 1.85 bits per heavy atom. The lowest BCUT2D eigenvalue weighted by atomic mass is 10.0. The van der Waals surface area contributed by atoms with E-state index >= 15 is 0 Å². The zero-order chi connectivity index (χ0) is 14.7. The van der Waals surface area contributed by atoms with Crippen molar-refractivity contribution in [1.82, 2.24) is 0 Å². The summed E-state index contributed by atoms with van der Waals surface area (Å²) in [5.74, 6) is -0.272. The van der Waals surface area contributed by atoms with Gasteiger partial charge in [-0.3, -0.25) is 14.9 Å². The van der Waals surface area contributed by atoms with Gasteiger partial charge in [0.1, 0.15) is 0 Å². The average molecular weight is 270 g/mol. The number of nitrogens with zero attached hydrogens (tertiary/aromatic N) is 1. The maximum atomic E-state index is 12.2. The first-order chi connectivity index (χ1) is 9.49. The summed E-state index contributed by atoms with van der Waals surface area (Å²) in [7, 11) is 0. The number of anilines is 1. The number of non-ortho nitro benzene ring substituents is 1. The summed E-state index contributed by atoms with van der Waals surface area (Å²) in [5.41, 5.74) is 2.84. The predicted molar refractivity (Wildman–Crippen MR) is 77.0 cm³/mol. The van der Waals surface area contributed by atoms with Crippen molar-refractivity contribution in [2.45, 2.75) is 13.8 Å². The summed E-state index contributed by atoms with van der Waals surface area (Å²) in [6.07, 6.45) is 0. The minimum Gasteiger partial charge on any atom is -0.322 e. The molecule has 2 rings (SSSR count). The lowest BCUT2D eigenvalue weighted by Gasteiger charge is -2.09. The van der Waals surface area contributed by atoms with Crippen molar-refractivity contribution in [2.75, 3.05) is 5.32 Å². The predicted octanol–water partition coefficient (Wildman–Crippen LogP) is 3.46. The highest BCUT2D eigenvalue weighted by Gasteiger charge is 2.12. The first kappa shape index (κ1) is 13.7. The molecule has 0 aliphatic carbocycles. The quantitative estimate of drug-likeness (QED) is 0.685. The molecule has 0 aliphatic rings. The highest BCUT2D eigenvalue weighted by Crippen LogP contribution is 2.19. The van der Waals surface area contributed by atoms with E-state index < -0.39 is 4.92 Å². The number of carbonyl (C=O) groups is 1. The number of amides is 1. The van der Waals surface area contributed by atoms with Gasteiger partial charge in [0.2, 0.25) is 0 Å². The number of benzene rings is 2. The van der Waals surface area contributed by atoms with E-state index in [1.165, 1.54) is 18.2 Å². The van der Waals surface area contributed by atoms with Crippen molar-refractivity contribution in [2.24, 2.45) is 0 Å². The average Bonchev–Trinajstić information content (AvgIpc) is 2.42. The topological polar surface area (TPSA) is 72.2 Å². The molecule has 20 heavy (non-hydrogen) atoms. The molecule has 0 fully saturated rings. The molecule has 0 aromatic heterocycles. The summed E-state index contributed by atoms with van der Waals surface area (Å²) in [6, 6.07) is 11.3. The van der Waals surface area contributed by atoms with Crippen molar-refractivity contribution < 1.29 is 9.72 Å². The second kappa shape index (κ2) is 5.52. The van der Waals surface area contributed by atoms with Gasteiger partial charge in [-0.15, -0.1) is 0 Å². The van der Waals surface area contributed by atoms with Gasteiger partial charge in [0.05, 0.1) is 4.92 Å². The van der Waals surface area contributed by atoms with Gasteiger partial charge in [-0.1, -0.05) is 18.2 Å². The zero-order valence-corrected chi connectivity index (χ0v) is 11.2. The number of nitro benzene ring substituents is 1. The monoisotopic (exact) mass is 270 g/mol. The van der Waals surface area contributed by atoms with Crippen molar-refractivity contribution in [3.8, 4) is 0 Å². The lowest BCUT2D eigenvalue weighted by molar-refractivity contribution is -0.384. The highest BCUT2D eigenvalue weighted by atomic mass is 16.6. The summed E-state index contributed by atoms with van der Waals surface area (Å²) in [4.78, 5) is 22.4. The summed E-state index contributed by atoms with van der Waals surface area (Å²) in [6.45, 7) is 3.80. The van der Waals surface area contributed by atoms with Gasteiger partial charge < -0.3 is 5.32 Å². The minimum absolute atomic E-state index is 0.0521. The Kier molecular flexibility index (Phi) is 3.79. The van der Waals surface area contributed by atoms with Crippen LogP contribution in [-0.4, -0.2) is 10.8 Å². The Bertz CT molecular complexity index is 681. The molecule has 0 bridgehead atoms. The number of carbonyl (C=O) groups excluding carboxylic acids is 1. The van der Waals surface area contributed by atoms with E-state index in [2.05, 4.69) is 5.32 Å². The van der Waals surface area contributed by atoms with Crippen LogP contribution in [0, 0.1) is 24.0 Å². The molecule has 102 valence electrons. The Hall–Kier alpha value is -2.69. The molecule has 0 saturated heterocycles. The van der Waals surface area contributed by atoms with Crippen LogP contribution in [0.1, 0.15) is 21.5 Å². The molecule has 2 aromatic carbocycles. The van der Waals surface area contributed by atoms with Crippen LogP contribution in [0.25, 0.3) is 0 Å². The first-order valence-electron chi connectivity index (χ1n) is 6.11. The molecule has 0 atom stereocenters. The summed E-state index contributed by atoms with van der Waals surface area (Å²) >= 11 is 0. The Balaban J connectivity index is 2.26. The number of hydrogen-bond acceptors (Lipinski definition) is 3. The van der Waals surface area contributed by atoms with Crippen LogP contribution in [0.2, 0.25) is 0 Å². The van der Waals surface area contributed by atoms with E-state index in [4.69, 9.17) is 0 Å². The molecule has 0 radical (unpaired) electrons. The SMILES string of the molecule is Cc1cccc(C(=O)Nc2cccc([N+](=O)[O-])c2)c1C. The molecule has 5 heteroatoms. The summed E-state index contributed by atoms with van der Waals surface area (Å²) in [5, 5.41) is 13.4. The van der Waals surface area contributed by atoms with Crippen LogP contribution in [0.3, 0.4) is 0 Å². The maximum Gasteiger partial charge on any atom is 0.271 e. The largest absolute Gasteiger partial charge is 0.322 e. The molecule has 2 aromatic rings. The molecule has 0 heterocycles. The van der Waals surface area contributed by atoms with Crippen molar-refractivity contribution >= 4 is 17.3 Å². The summed E-state index contributed by atoms with van der Waals surface area (Å²) < 4.78 is 0. The molecule has 0 aliphatic heterocycles. The fourth-order valence-corrected chi connectivity index (χ4v) is 1.89. The lowest BCUT2D eigenvalue weighted by Crippen LogP contribution is -2.13. The van der Waals surface area contributed by atoms with Gasteiger partial charge in [0, 0.05) is 23.4 Å². The van der Waals surface area contributed by atoms with Gasteiger partial charge in [-0.05, 0) is 37.1 Å². The van der Waals surface area contributed by atoms with Crippen molar-refractivity contribution in [3.63, 3.8) is 0 Å². The molecule has 0 saturated carbocycles. The number of rotatable bonds is 3. The molecule has 1 amide bonds. The second-order valence-corrected chi connectivity index (χ2v) is 4.51. The third kappa shape index (κ3) is 2.83. The van der Waals surface area contributed by atoms with Crippen LogP contribution in [-0.2, 0) is 0 Å². The first-order valence-corrected chi connectivity index (χ1v) is 6.11. The van der Waals surface area contributed by atoms with Gasteiger partial charge in [0.15, 0.2) is 0 Å². The zero-order valence-electron chi connectivity index (χ0n) is 11.2. The van der Waals surface area contributed by atoms with E-state index in [0.29, 0.717) is 11.3 Å². The van der Waals surface area contributed by atoms with Crippen LogP contribution in [0.15, 0.2) is 42.5 Å². The Morgan fingerprint density at radius 1 is 1.15 bits per heavy atom. The highest BCUT2D eigenvalue weighted by molar-refractivity contribution is 6.05. The minimum atomic E-state index is -0.492. The van der Waals surface area contributed by atoms with Crippen LogP contribution >= 0.6 is 0 Å². The molecule has 0 unspecified atom stereocenters. The van der Waals surface area contributed by atoms with E-state index in [1.807, 2.05) is 26.0 Å². The normalized spacial score (nSPS) is 10.1.